The van der Waals surface area contributed by atoms with Gasteiger partial charge in [-0.05, 0) is 25.2 Å². The topological polar surface area (TPSA) is 75.7 Å². The molecule has 4 heteroatoms. The number of nitrogens with zero attached hydrogens (tertiary/aromatic N) is 1. The predicted octanol–water partition coefficient (Wildman–Crippen LogP) is 0.303. The Balaban J connectivity index is 2.55. The maximum Gasteiger partial charge on any atom is 0.178 e. The highest BCUT2D eigenvalue weighted by molar-refractivity contribution is 6.04. The van der Waals surface area contributed by atoms with Crippen LogP contribution in [-0.2, 0) is 4.79 Å². The van der Waals surface area contributed by atoms with Crippen LogP contribution in [0.2, 0.25) is 0 Å². The Labute approximate surface area is 87.5 Å². The Morgan fingerprint density at radius 3 is 2.47 bits per heavy atom. The number of rotatable bonds is 0. The third-order valence-corrected chi connectivity index (χ3v) is 2.90. The van der Waals surface area contributed by atoms with Crippen molar-refractivity contribution in [2.75, 3.05) is 0 Å². The van der Waals surface area contributed by atoms with Gasteiger partial charge in [-0.15, -0.1) is 0 Å². The molecule has 0 aromatic carbocycles. The van der Waals surface area contributed by atoms with Crippen molar-refractivity contribution in [3.63, 3.8) is 0 Å². The molecule has 1 aliphatic carbocycles. The molecule has 0 radical (unpaired) electrons. The van der Waals surface area contributed by atoms with E-state index in [1.54, 1.807) is 25.2 Å². The fourth-order valence-electron chi connectivity index (χ4n) is 1.81. The number of hydrogen-bond acceptors (Lipinski definition) is 4. The lowest BCUT2D eigenvalue weighted by Gasteiger charge is -2.41. The molecule has 1 spiro atoms. The molecule has 15 heavy (non-hydrogen) atoms. The van der Waals surface area contributed by atoms with Crippen molar-refractivity contribution >= 4 is 11.6 Å². The van der Waals surface area contributed by atoms with Crippen molar-refractivity contribution in [2.24, 2.45) is 16.1 Å². The fraction of sp³-hybridized carbons (Fsp3) is 0.273. The average Bonchev–Trinajstić information content (AvgIpc) is 2.16. The number of aliphatic hydroxyl groups is 1. The lowest BCUT2D eigenvalue weighted by molar-refractivity contribution is -0.110. The van der Waals surface area contributed by atoms with E-state index in [1.165, 1.54) is 18.4 Å². The second-order valence-electron chi connectivity index (χ2n) is 3.92. The number of hydrogen-bond donors (Lipinski definition) is 2. The van der Waals surface area contributed by atoms with Crippen molar-refractivity contribution in [3.8, 4) is 0 Å². The van der Waals surface area contributed by atoms with Gasteiger partial charge in [-0.25, -0.2) is 4.99 Å². The number of carbonyl (C=O) groups excluding carboxylic acids is 1. The summed E-state index contributed by atoms with van der Waals surface area (Å²) >= 11 is 0. The molecule has 1 atom stereocenters. The van der Waals surface area contributed by atoms with Crippen LogP contribution in [0.25, 0.3) is 0 Å². The second kappa shape index (κ2) is 2.90. The zero-order valence-corrected chi connectivity index (χ0v) is 8.34. The number of amidine groups is 1. The number of allylic oxidation sites excluding steroid dienone is 2. The summed E-state index contributed by atoms with van der Waals surface area (Å²) in [6.07, 6.45) is 9.02. The zero-order chi connectivity index (χ0) is 11.1. The van der Waals surface area contributed by atoms with E-state index in [2.05, 4.69) is 4.99 Å². The summed E-state index contributed by atoms with van der Waals surface area (Å²) in [4.78, 5) is 15.0. The van der Waals surface area contributed by atoms with Crippen molar-refractivity contribution in [1.82, 2.24) is 0 Å². The van der Waals surface area contributed by atoms with E-state index < -0.39 is 11.0 Å². The fourth-order valence-corrected chi connectivity index (χ4v) is 1.81. The first-order chi connectivity index (χ1) is 6.98. The lowest BCUT2D eigenvalue weighted by Crippen LogP contribution is -2.53. The molecule has 0 bridgehead atoms. The van der Waals surface area contributed by atoms with Crippen LogP contribution in [0.1, 0.15) is 6.92 Å². The Bertz CT molecular complexity index is 412. The van der Waals surface area contributed by atoms with Gasteiger partial charge >= 0.3 is 0 Å². The first-order valence-corrected chi connectivity index (χ1v) is 4.64. The summed E-state index contributed by atoms with van der Waals surface area (Å²) in [5.41, 5.74) is 3.74. The van der Waals surface area contributed by atoms with E-state index in [1.807, 2.05) is 0 Å². The SMILES string of the molecule is CC1(O)C=CN=C(N)C12C=CC(=O)C=C2. The molecular formula is C11H12N2O2. The van der Waals surface area contributed by atoms with Crippen LogP contribution in [0.15, 0.2) is 41.6 Å². The van der Waals surface area contributed by atoms with Crippen LogP contribution < -0.4 is 5.73 Å². The van der Waals surface area contributed by atoms with Gasteiger partial charge in [0, 0.05) is 6.20 Å². The van der Waals surface area contributed by atoms with E-state index in [9.17, 15) is 9.90 Å². The molecule has 0 aromatic heterocycles. The minimum atomic E-state index is -1.16. The van der Waals surface area contributed by atoms with Gasteiger partial charge in [0.15, 0.2) is 5.78 Å². The standard InChI is InChI=1S/C11H12N2O2/c1-10(15)6-7-13-9(12)11(10)4-2-8(14)3-5-11/h2-7,15H,1H3,(H2,12,13). The van der Waals surface area contributed by atoms with Crippen molar-refractivity contribution in [3.05, 3.63) is 36.6 Å². The van der Waals surface area contributed by atoms with Crippen LogP contribution >= 0.6 is 0 Å². The third-order valence-electron chi connectivity index (χ3n) is 2.90. The van der Waals surface area contributed by atoms with Crippen LogP contribution in [0.4, 0.5) is 0 Å². The molecule has 1 unspecified atom stereocenters. The van der Waals surface area contributed by atoms with Gasteiger partial charge in [-0.1, -0.05) is 12.2 Å². The normalized spacial score (nSPS) is 32.1. The van der Waals surface area contributed by atoms with E-state index in [-0.39, 0.29) is 11.6 Å². The molecule has 4 nitrogen and oxygen atoms in total. The number of nitrogens with two attached hydrogens (primary N) is 1. The second-order valence-corrected chi connectivity index (χ2v) is 3.92. The van der Waals surface area contributed by atoms with Crippen molar-refractivity contribution < 1.29 is 9.90 Å². The first-order valence-electron chi connectivity index (χ1n) is 4.64. The molecule has 0 fully saturated rings. The summed E-state index contributed by atoms with van der Waals surface area (Å²) in [6.45, 7) is 1.63. The molecule has 78 valence electrons. The average molecular weight is 204 g/mol. The molecule has 0 saturated carbocycles. The van der Waals surface area contributed by atoms with Gasteiger partial charge in [-0.3, -0.25) is 4.79 Å². The maximum atomic E-state index is 11.1. The number of ketones is 1. The van der Waals surface area contributed by atoms with Crippen LogP contribution in [0, 0.1) is 5.41 Å². The summed E-state index contributed by atoms with van der Waals surface area (Å²) in [6, 6.07) is 0. The van der Waals surface area contributed by atoms with E-state index in [0.717, 1.165) is 0 Å². The Kier molecular flexibility index (Phi) is 1.91. The Hall–Kier alpha value is -1.68. The number of aliphatic imine (C=N–C) groups is 1. The van der Waals surface area contributed by atoms with Gasteiger partial charge < -0.3 is 10.8 Å². The zero-order valence-electron chi connectivity index (χ0n) is 8.34. The minimum absolute atomic E-state index is 0.112. The lowest BCUT2D eigenvalue weighted by atomic mass is 9.68. The van der Waals surface area contributed by atoms with Gasteiger partial charge in [0.05, 0.1) is 5.41 Å². The number of carbonyl (C=O) groups is 1. The summed E-state index contributed by atoms with van der Waals surface area (Å²) < 4.78 is 0. The highest BCUT2D eigenvalue weighted by atomic mass is 16.3. The van der Waals surface area contributed by atoms with Gasteiger partial charge in [0.1, 0.15) is 11.4 Å². The third kappa shape index (κ3) is 1.26. The monoisotopic (exact) mass is 204 g/mol. The first kappa shape index (κ1) is 9.86. The summed E-state index contributed by atoms with van der Waals surface area (Å²) in [5.74, 6) is 0.175. The van der Waals surface area contributed by atoms with Crippen LogP contribution in [-0.4, -0.2) is 22.3 Å². The minimum Gasteiger partial charge on any atom is -0.386 e. The smallest absolute Gasteiger partial charge is 0.178 e. The molecule has 1 heterocycles. The summed E-state index contributed by atoms with van der Waals surface area (Å²) in [5, 5.41) is 10.2. The van der Waals surface area contributed by atoms with Gasteiger partial charge in [-0.2, -0.15) is 0 Å². The van der Waals surface area contributed by atoms with E-state index in [0.29, 0.717) is 0 Å². The Morgan fingerprint density at radius 2 is 1.93 bits per heavy atom. The molecule has 0 saturated heterocycles. The van der Waals surface area contributed by atoms with Crippen molar-refractivity contribution in [1.29, 1.82) is 0 Å². The predicted molar refractivity (Wildman–Crippen MR) is 57.1 cm³/mol. The van der Waals surface area contributed by atoms with Crippen molar-refractivity contribution in [2.45, 2.75) is 12.5 Å². The van der Waals surface area contributed by atoms with Crippen LogP contribution in [0.3, 0.4) is 0 Å². The molecule has 0 aromatic rings. The highest BCUT2D eigenvalue weighted by Crippen LogP contribution is 2.40. The van der Waals surface area contributed by atoms with E-state index >= 15 is 0 Å². The van der Waals surface area contributed by atoms with Gasteiger partial charge in [0.25, 0.3) is 0 Å². The molecular weight excluding hydrogens is 192 g/mol. The molecule has 2 aliphatic rings. The molecule has 2 rings (SSSR count). The quantitative estimate of drug-likeness (QED) is 0.596. The van der Waals surface area contributed by atoms with Gasteiger partial charge in [0.2, 0.25) is 0 Å². The molecule has 1 aliphatic heterocycles. The van der Waals surface area contributed by atoms with E-state index in [4.69, 9.17) is 5.73 Å². The highest BCUT2D eigenvalue weighted by Gasteiger charge is 2.47. The Morgan fingerprint density at radius 1 is 1.33 bits per heavy atom. The van der Waals surface area contributed by atoms with Crippen LogP contribution in [0.5, 0.6) is 0 Å². The largest absolute Gasteiger partial charge is 0.386 e. The maximum absolute atomic E-state index is 11.1. The molecule has 0 amide bonds. The molecule has 3 N–H and O–H groups in total. The summed E-state index contributed by atoms with van der Waals surface area (Å²) in [7, 11) is 0.